The Morgan fingerprint density at radius 3 is 2.41 bits per heavy atom. The largest absolute Gasteiger partial charge is 0.361 e. The standard InChI is InChI=1S/C25H20N2/c1(2-4-14-24-16-20-10-6-8-12-22(20)18-26-24)3-5-15-25-17-21-11-7-9-13-23(21)19-27-25/h1-19,26H. The van der Waals surface area contributed by atoms with Crippen LogP contribution in [0.3, 0.4) is 0 Å². The average molecular weight is 348 g/mol. The smallest absolute Gasteiger partial charge is 0.0636 e. The Hall–Kier alpha value is -3.65. The van der Waals surface area contributed by atoms with Crippen LogP contribution in [-0.2, 0) is 0 Å². The SMILES string of the molecule is C(=CC=Cc1cc2ccccc2cn1)C=CC=C1C=c2ccccc2=CN1. The van der Waals surface area contributed by atoms with Crippen molar-refractivity contribution in [2.24, 2.45) is 0 Å². The van der Waals surface area contributed by atoms with E-state index in [-0.39, 0.29) is 0 Å². The molecular formula is C25H20N2. The van der Waals surface area contributed by atoms with Crippen molar-refractivity contribution in [2.75, 3.05) is 0 Å². The van der Waals surface area contributed by atoms with Gasteiger partial charge in [-0.3, -0.25) is 4.98 Å². The average Bonchev–Trinajstić information content (AvgIpc) is 2.73. The van der Waals surface area contributed by atoms with Crippen molar-refractivity contribution in [1.82, 2.24) is 10.3 Å². The maximum atomic E-state index is 4.46. The second-order valence-electron chi connectivity index (χ2n) is 6.27. The van der Waals surface area contributed by atoms with Crippen LogP contribution in [0, 0.1) is 0 Å². The minimum atomic E-state index is 0.958. The van der Waals surface area contributed by atoms with E-state index in [9.17, 15) is 0 Å². The van der Waals surface area contributed by atoms with Gasteiger partial charge in [0.05, 0.1) is 5.69 Å². The molecule has 1 aromatic heterocycles. The predicted molar refractivity (Wildman–Crippen MR) is 115 cm³/mol. The van der Waals surface area contributed by atoms with Crippen LogP contribution >= 0.6 is 0 Å². The zero-order valence-electron chi connectivity index (χ0n) is 14.9. The van der Waals surface area contributed by atoms with Crippen LogP contribution in [0.2, 0.25) is 0 Å². The molecule has 0 atom stereocenters. The molecule has 4 rings (SSSR count). The number of allylic oxidation sites excluding steroid dienone is 7. The first-order valence-corrected chi connectivity index (χ1v) is 8.98. The highest BCUT2D eigenvalue weighted by molar-refractivity contribution is 5.83. The summed E-state index contributed by atoms with van der Waals surface area (Å²) in [6.45, 7) is 0. The molecule has 2 nitrogen and oxygen atoms in total. The van der Waals surface area contributed by atoms with E-state index in [0.29, 0.717) is 0 Å². The molecule has 0 bridgehead atoms. The summed E-state index contributed by atoms with van der Waals surface area (Å²) in [5.74, 6) is 0. The number of aromatic nitrogens is 1. The summed E-state index contributed by atoms with van der Waals surface area (Å²) in [4.78, 5) is 4.46. The molecule has 3 aromatic rings. The summed E-state index contributed by atoms with van der Waals surface area (Å²) < 4.78 is 0. The zero-order chi connectivity index (χ0) is 18.3. The van der Waals surface area contributed by atoms with Crippen LogP contribution in [0.1, 0.15) is 5.69 Å². The number of benzene rings is 2. The summed E-state index contributed by atoms with van der Waals surface area (Å²) in [5, 5.41) is 8.11. The lowest BCUT2D eigenvalue weighted by Crippen LogP contribution is -2.31. The molecule has 0 saturated carbocycles. The molecule has 0 spiro atoms. The third kappa shape index (κ3) is 4.31. The second-order valence-corrected chi connectivity index (χ2v) is 6.27. The second kappa shape index (κ2) is 8.15. The molecule has 0 saturated heterocycles. The molecule has 130 valence electrons. The number of nitrogens with zero attached hydrogens (tertiary/aromatic N) is 1. The number of nitrogens with one attached hydrogen (secondary N) is 1. The van der Waals surface area contributed by atoms with E-state index in [0.717, 1.165) is 16.8 Å². The fraction of sp³-hybridized carbons (Fsp3) is 0. The molecular weight excluding hydrogens is 328 g/mol. The minimum absolute atomic E-state index is 0.958. The van der Waals surface area contributed by atoms with E-state index in [2.05, 4.69) is 58.9 Å². The van der Waals surface area contributed by atoms with Crippen molar-refractivity contribution in [3.63, 3.8) is 0 Å². The number of rotatable bonds is 4. The quantitative estimate of drug-likeness (QED) is 0.719. The third-order valence-corrected chi connectivity index (χ3v) is 4.34. The van der Waals surface area contributed by atoms with Gasteiger partial charge in [-0.25, -0.2) is 0 Å². The summed E-state index contributed by atoms with van der Waals surface area (Å²) in [5.41, 5.74) is 2.04. The highest BCUT2D eigenvalue weighted by Gasteiger charge is 1.95. The van der Waals surface area contributed by atoms with Gasteiger partial charge in [0, 0.05) is 23.5 Å². The molecule has 2 heteroatoms. The van der Waals surface area contributed by atoms with E-state index < -0.39 is 0 Å². The first-order valence-electron chi connectivity index (χ1n) is 8.98. The number of hydrogen-bond acceptors (Lipinski definition) is 2. The lowest BCUT2D eigenvalue weighted by molar-refractivity contribution is 1.17. The van der Waals surface area contributed by atoms with Crippen LogP contribution in [0.4, 0.5) is 0 Å². The number of hydrogen-bond donors (Lipinski definition) is 1. The maximum absolute atomic E-state index is 4.46. The Morgan fingerprint density at radius 2 is 1.48 bits per heavy atom. The molecule has 2 aromatic carbocycles. The van der Waals surface area contributed by atoms with Gasteiger partial charge >= 0.3 is 0 Å². The predicted octanol–water partition coefficient (Wildman–Crippen LogP) is 4.07. The van der Waals surface area contributed by atoms with Crippen molar-refractivity contribution in [2.45, 2.75) is 0 Å². The van der Waals surface area contributed by atoms with Crippen molar-refractivity contribution in [3.05, 3.63) is 119 Å². The molecule has 1 aliphatic rings. The molecule has 0 unspecified atom stereocenters. The first kappa shape index (κ1) is 16.8. The maximum Gasteiger partial charge on any atom is 0.0636 e. The van der Waals surface area contributed by atoms with E-state index >= 15 is 0 Å². The Labute approximate surface area is 158 Å². The lowest BCUT2D eigenvalue weighted by Gasteiger charge is -2.06. The van der Waals surface area contributed by atoms with Crippen molar-refractivity contribution in [1.29, 1.82) is 0 Å². The van der Waals surface area contributed by atoms with E-state index in [1.165, 1.54) is 15.8 Å². The van der Waals surface area contributed by atoms with Gasteiger partial charge in [-0.1, -0.05) is 78.9 Å². The summed E-state index contributed by atoms with van der Waals surface area (Å²) >= 11 is 0. The fourth-order valence-corrected chi connectivity index (χ4v) is 2.94. The highest BCUT2D eigenvalue weighted by atomic mass is 14.8. The lowest BCUT2D eigenvalue weighted by atomic mass is 10.1. The third-order valence-electron chi connectivity index (χ3n) is 4.34. The Bertz CT molecular complexity index is 1190. The number of fused-ring (bicyclic) bond motifs is 2. The molecule has 1 aliphatic heterocycles. The van der Waals surface area contributed by atoms with Crippen LogP contribution in [-0.4, -0.2) is 4.98 Å². The molecule has 0 radical (unpaired) electrons. The summed E-state index contributed by atoms with van der Waals surface area (Å²) in [7, 11) is 0. The Kier molecular flexibility index (Phi) is 5.07. The van der Waals surface area contributed by atoms with Gasteiger partial charge in [-0.2, -0.15) is 0 Å². The minimum Gasteiger partial charge on any atom is -0.361 e. The van der Waals surface area contributed by atoms with Gasteiger partial charge in [0.1, 0.15) is 0 Å². The van der Waals surface area contributed by atoms with Crippen molar-refractivity contribution < 1.29 is 0 Å². The van der Waals surface area contributed by atoms with Crippen molar-refractivity contribution in [3.8, 4) is 0 Å². The molecule has 0 amide bonds. The summed E-state index contributed by atoms with van der Waals surface area (Å²) in [6, 6.07) is 18.7. The van der Waals surface area contributed by atoms with Gasteiger partial charge in [0.25, 0.3) is 0 Å². The van der Waals surface area contributed by atoms with Crippen LogP contribution in [0.5, 0.6) is 0 Å². The monoisotopic (exact) mass is 348 g/mol. The highest BCUT2D eigenvalue weighted by Crippen LogP contribution is 2.13. The van der Waals surface area contributed by atoms with Gasteiger partial charge in [0.15, 0.2) is 0 Å². The molecule has 27 heavy (non-hydrogen) atoms. The topological polar surface area (TPSA) is 24.9 Å². The molecule has 0 fully saturated rings. The van der Waals surface area contributed by atoms with Gasteiger partial charge in [-0.05, 0) is 40.1 Å². The van der Waals surface area contributed by atoms with Crippen LogP contribution < -0.4 is 15.8 Å². The number of pyridine rings is 1. The van der Waals surface area contributed by atoms with Crippen LogP contribution in [0.25, 0.3) is 29.1 Å². The molecule has 0 aliphatic carbocycles. The first-order chi connectivity index (χ1) is 13.4. The zero-order valence-corrected chi connectivity index (χ0v) is 14.9. The van der Waals surface area contributed by atoms with Gasteiger partial charge < -0.3 is 5.32 Å². The van der Waals surface area contributed by atoms with E-state index in [4.69, 9.17) is 0 Å². The van der Waals surface area contributed by atoms with Crippen LogP contribution in [0.15, 0.2) is 103 Å². The van der Waals surface area contributed by atoms with Gasteiger partial charge in [0.2, 0.25) is 0 Å². The molecule has 2 heterocycles. The van der Waals surface area contributed by atoms with E-state index in [1.807, 2.05) is 67.1 Å². The van der Waals surface area contributed by atoms with Gasteiger partial charge in [-0.15, -0.1) is 0 Å². The van der Waals surface area contributed by atoms with Crippen molar-refractivity contribution >= 4 is 29.1 Å². The fourth-order valence-electron chi connectivity index (χ4n) is 2.94. The normalized spacial score (nSPS) is 15.2. The Balaban J connectivity index is 1.37. The Morgan fingerprint density at radius 1 is 0.741 bits per heavy atom. The molecule has 1 N–H and O–H groups in total. The van der Waals surface area contributed by atoms with E-state index in [1.54, 1.807) is 0 Å². The summed E-state index contributed by atoms with van der Waals surface area (Å²) in [6.07, 6.45) is 20.2.